The van der Waals surface area contributed by atoms with Crippen molar-refractivity contribution < 1.29 is 9.59 Å². The lowest BCUT2D eigenvalue weighted by atomic mass is 10.1. The van der Waals surface area contributed by atoms with Crippen molar-refractivity contribution in [1.82, 2.24) is 0 Å². The molecule has 1 N–H and O–H groups in total. The zero-order valence-electron chi connectivity index (χ0n) is 13.1. The largest absolute Gasteiger partial charge is 0.324 e. The third-order valence-corrected chi connectivity index (χ3v) is 4.65. The summed E-state index contributed by atoms with van der Waals surface area (Å²) in [4.78, 5) is 26.4. The first-order valence-corrected chi connectivity index (χ1v) is 8.33. The van der Waals surface area contributed by atoms with Crippen molar-refractivity contribution in [2.45, 2.75) is 13.3 Å². The number of hydrogen-bond donors (Lipinski definition) is 1. The normalized spacial score (nSPS) is 17.2. The molecule has 2 amide bonds. The summed E-state index contributed by atoms with van der Waals surface area (Å²) in [5.41, 5.74) is 2.24. The van der Waals surface area contributed by atoms with E-state index in [-0.39, 0.29) is 18.2 Å². The van der Waals surface area contributed by atoms with Crippen LogP contribution in [0.15, 0.2) is 42.5 Å². The minimum Gasteiger partial charge on any atom is -0.324 e. The number of halogens is 2. The van der Waals surface area contributed by atoms with Crippen LogP contribution in [0.3, 0.4) is 0 Å². The van der Waals surface area contributed by atoms with E-state index in [1.165, 1.54) is 0 Å². The molecule has 1 unspecified atom stereocenters. The van der Waals surface area contributed by atoms with Gasteiger partial charge in [0.05, 0.1) is 16.6 Å². The Morgan fingerprint density at radius 1 is 1.21 bits per heavy atom. The first-order valence-electron chi connectivity index (χ1n) is 7.57. The van der Waals surface area contributed by atoms with Crippen LogP contribution < -0.4 is 10.2 Å². The van der Waals surface area contributed by atoms with E-state index < -0.39 is 5.92 Å². The van der Waals surface area contributed by atoms with Gasteiger partial charge in [0.25, 0.3) is 0 Å². The molecule has 3 rings (SSSR count). The lowest BCUT2D eigenvalue weighted by Crippen LogP contribution is -2.28. The van der Waals surface area contributed by atoms with E-state index in [1.54, 1.807) is 41.3 Å². The molecule has 1 atom stereocenters. The number of carbonyl (C=O) groups excluding carboxylic acids is 2. The van der Waals surface area contributed by atoms with Crippen molar-refractivity contribution in [3.05, 3.63) is 58.1 Å². The summed E-state index contributed by atoms with van der Waals surface area (Å²) in [5.74, 6) is -0.717. The minimum absolute atomic E-state index is 0.0836. The van der Waals surface area contributed by atoms with Crippen LogP contribution in [-0.4, -0.2) is 18.4 Å². The third-order valence-electron chi connectivity index (χ3n) is 4.09. The number of nitrogens with zero attached hydrogens (tertiary/aromatic N) is 1. The van der Waals surface area contributed by atoms with Crippen LogP contribution in [0.25, 0.3) is 0 Å². The minimum atomic E-state index is -0.424. The first kappa shape index (κ1) is 16.8. The highest BCUT2D eigenvalue weighted by Gasteiger charge is 2.35. The SMILES string of the molecule is Cc1ccc(Cl)cc1N1CC(C(=O)Nc2ccccc2Cl)CC1=O. The van der Waals surface area contributed by atoms with E-state index in [2.05, 4.69) is 5.32 Å². The van der Waals surface area contributed by atoms with Gasteiger partial charge in [-0.15, -0.1) is 0 Å². The Morgan fingerprint density at radius 2 is 1.96 bits per heavy atom. The van der Waals surface area contributed by atoms with Crippen molar-refractivity contribution in [1.29, 1.82) is 0 Å². The maximum atomic E-state index is 12.5. The molecule has 0 bridgehead atoms. The van der Waals surface area contributed by atoms with Crippen LogP contribution in [0.2, 0.25) is 10.0 Å². The average Bonchev–Trinajstić information content (AvgIpc) is 2.94. The van der Waals surface area contributed by atoms with Gasteiger partial charge in [-0.1, -0.05) is 41.4 Å². The van der Waals surface area contributed by atoms with Gasteiger partial charge in [0.2, 0.25) is 11.8 Å². The molecule has 24 heavy (non-hydrogen) atoms. The molecule has 1 aliphatic rings. The number of nitrogens with one attached hydrogen (secondary N) is 1. The lowest BCUT2D eigenvalue weighted by Gasteiger charge is -2.19. The maximum absolute atomic E-state index is 12.5. The van der Waals surface area contributed by atoms with Crippen LogP contribution in [0.4, 0.5) is 11.4 Å². The van der Waals surface area contributed by atoms with Gasteiger partial charge in [-0.05, 0) is 36.8 Å². The number of benzene rings is 2. The number of aryl methyl sites for hydroxylation is 1. The van der Waals surface area contributed by atoms with E-state index in [4.69, 9.17) is 23.2 Å². The summed E-state index contributed by atoms with van der Waals surface area (Å²) in [6.45, 7) is 2.24. The molecule has 124 valence electrons. The van der Waals surface area contributed by atoms with E-state index in [1.807, 2.05) is 13.0 Å². The maximum Gasteiger partial charge on any atom is 0.229 e. The molecule has 0 saturated carbocycles. The van der Waals surface area contributed by atoms with Crippen molar-refractivity contribution in [2.75, 3.05) is 16.8 Å². The molecule has 0 spiro atoms. The highest BCUT2D eigenvalue weighted by Crippen LogP contribution is 2.31. The average molecular weight is 363 g/mol. The van der Waals surface area contributed by atoms with Gasteiger partial charge < -0.3 is 10.2 Å². The second-order valence-electron chi connectivity index (χ2n) is 5.81. The molecular formula is C18H16Cl2N2O2. The lowest BCUT2D eigenvalue weighted by molar-refractivity contribution is -0.122. The second kappa shape index (κ2) is 6.83. The number of amides is 2. The molecule has 6 heteroatoms. The number of carbonyl (C=O) groups is 2. The summed E-state index contributed by atoms with van der Waals surface area (Å²) >= 11 is 12.1. The molecule has 4 nitrogen and oxygen atoms in total. The molecule has 0 radical (unpaired) electrons. The summed E-state index contributed by atoms with van der Waals surface area (Å²) in [6, 6.07) is 12.4. The fourth-order valence-corrected chi connectivity index (χ4v) is 3.14. The van der Waals surface area contributed by atoms with Crippen LogP contribution in [0.1, 0.15) is 12.0 Å². The fourth-order valence-electron chi connectivity index (χ4n) is 2.79. The van der Waals surface area contributed by atoms with Gasteiger partial charge in [-0.3, -0.25) is 9.59 Å². The first-order chi connectivity index (χ1) is 11.5. The fraction of sp³-hybridized carbons (Fsp3) is 0.222. The highest BCUT2D eigenvalue weighted by molar-refractivity contribution is 6.33. The molecule has 1 fully saturated rings. The van der Waals surface area contributed by atoms with Gasteiger partial charge >= 0.3 is 0 Å². The monoisotopic (exact) mass is 362 g/mol. The van der Waals surface area contributed by atoms with Crippen LogP contribution in [0, 0.1) is 12.8 Å². The highest BCUT2D eigenvalue weighted by atomic mass is 35.5. The number of para-hydroxylation sites is 1. The Labute approximate surface area is 150 Å². The number of anilines is 2. The third kappa shape index (κ3) is 3.40. The Balaban J connectivity index is 1.76. The van der Waals surface area contributed by atoms with Crippen molar-refractivity contribution in [2.24, 2.45) is 5.92 Å². The quantitative estimate of drug-likeness (QED) is 0.884. The van der Waals surface area contributed by atoms with Crippen molar-refractivity contribution >= 4 is 46.4 Å². The molecule has 2 aromatic rings. The summed E-state index contributed by atoms with van der Waals surface area (Å²) in [6.07, 6.45) is 0.169. The molecule has 1 saturated heterocycles. The van der Waals surface area contributed by atoms with E-state index in [9.17, 15) is 9.59 Å². The number of hydrogen-bond acceptors (Lipinski definition) is 2. The van der Waals surface area contributed by atoms with E-state index in [0.29, 0.717) is 22.3 Å². The second-order valence-corrected chi connectivity index (χ2v) is 6.65. The molecule has 1 aliphatic heterocycles. The standard InChI is InChI=1S/C18H16Cl2N2O2/c1-11-6-7-13(19)9-16(11)22-10-12(8-17(22)23)18(24)21-15-5-3-2-4-14(15)20/h2-7,9,12H,8,10H2,1H3,(H,21,24). The van der Waals surface area contributed by atoms with E-state index in [0.717, 1.165) is 11.3 Å². The predicted octanol–water partition coefficient (Wildman–Crippen LogP) is 4.29. The van der Waals surface area contributed by atoms with Crippen molar-refractivity contribution in [3.63, 3.8) is 0 Å². The van der Waals surface area contributed by atoms with E-state index >= 15 is 0 Å². The molecule has 0 aliphatic carbocycles. The van der Waals surface area contributed by atoms with Gasteiger partial charge in [0, 0.05) is 23.7 Å². The molecule has 0 aromatic heterocycles. The Morgan fingerprint density at radius 3 is 2.71 bits per heavy atom. The number of rotatable bonds is 3. The Hall–Kier alpha value is -2.04. The van der Waals surface area contributed by atoms with Crippen molar-refractivity contribution in [3.8, 4) is 0 Å². The van der Waals surface area contributed by atoms with Gasteiger partial charge in [0.15, 0.2) is 0 Å². The Kier molecular flexibility index (Phi) is 4.78. The zero-order valence-corrected chi connectivity index (χ0v) is 14.6. The van der Waals surface area contributed by atoms with Crippen LogP contribution in [0.5, 0.6) is 0 Å². The molecule has 1 heterocycles. The predicted molar refractivity (Wildman–Crippen MR) is 96.7 cm³/mol. The molecular weight excluding hydrogens is 347 g/mol. The van der Waals surface area contributed by atoms with Gasteiger partial charge in [0.1, 0.15) is 0 Å². The van der Waals surface area contributed by atoms with Crippen LogP contribution in [-0.2, 0) is 9.59 Å². The van der Waals surface area contributed by atoms with Crippen LogP contribution >= 0.6 is 23.2 Å². The van der Waals surface area contributed by atoms with Gasteiger partial charge in [-0.2, -0.15) is 0 Å². The molecule has 2 aromatic carbocycles. The zero-order chi connectivity index (χ0) is 17.3. The van der Waals surface area contributed by atoms with Gasteiger partial charge in [-0.25, -0.2) is 0 Å². The topological polar surface area (TPSA) is 49.4 Å². The smallest absolute Gasteiger partial charge is 0.229 e. The summed E-state index contributed by atoms with van der Waals surface area (Å²) in [7, 11) is 0. The Bertz CT molecular complexity index is 807. The summed E-state index contributed by atoms with van der Waals surface area (Å²) in [5, 5.41) is 3.83. The summed E-state index contributed by atoms with van der Waals surface area (Å²) < 4.78 is 0.